The molecule has 3 aromatic rings. The van der Waals surface area contributed by atoms with E-state index in [1.54, 1.807) is 93.6 Å². The first kappa shape index (κ1) is 27.8. The first-order valence-electron chi connectivity index (χ1n) is 12.6. The summed E-state index contributed by atoms with van der Waals surface area (Å²) in [7, 11) is 0. The maximum atomic E-state index is 13.2. The van der Waals surface area contributed by atoms with Crippen LogP contribution in [0.15, 0.2) is 95.1 Å². The quantitative estimate of drug-likeness (QED) is 0.229. The van der Waals surface area contributed by atoms with Crippen molar-refractivity contribution >= 4 is 35.3 Å². The molecule has 0 saturated carbocycles. The standard InChI is InChI=1S/C30H28N4O6/c1-4-39-29(37)25-23(27(35)33(31-25)21-12-8-6-9-13-21)18-16-20(3)17-19-24-26(30(38)40-5-2)32-34(28(24)36)22-14-10-7-11-15-22/h6-19,35H,4-5H2,1-3H3/p-1/b18-16+,20-17+,24-19+. The maximum Gasteiger partial charge on any atom is 0.359 e. The van der Waals surface area contributed by atoms with E-state index in [0.29, 0.717) is 16.9 Å². The Kier molecular flexibility index (Phi) is 8.70. The lowest BCUT2D eigenvalue weighted by molar-refractivity contribution is -0.278. The minimum Gasteiger partial charge on any atom is -0.858 e. The summed E-state index contributed by atoms with van der Waals surface area (Å²) in [5.74, 6) is -2.41. The van der Waals surface area contributed by atoms with Crippen molar-refractivity contribution < 1.29 is 29.0 Å². The van der Waals surface area contributed by atoms with Crippen LogP contribution in [0.25, 0.3) is 11.8 Å². The summed E-state index contributed by atoms with van der Waals surface area (Å²) in [6, 6.07) is 17.4. The van der Waals surface area contributed by atoms with Gasteiger partial charge in [0, 0.05) is 5.56 Å². The number of ether oxygens (including phenoxy) is 2. The van der Waals surface area contributed by atoms with Gasteiger partial charge < -0.3 is 14.6 Å². The number of esters is 2. The molecule has 2 heterocycles. The Morgan fingerprint density at radius 3 is 2.15 bits per heavy atom. The summed E-state index contributed by atoms with van der Waals surface area (Å²) in [5.41, 5.74) is 1.51. The summed E-state index contributed by atoms with van der Waals surface area (Å²) in [5, 5.41) is 22.7. The average molecular weight is 540 g/mol. The number of aromatic nitrogens is 2. The van der Waals surface area contributed by atoms with Gasteiger partial charge in [-0.2, -0.15) is 15.2 Å². The van der Waals surface area contributed by atoms with E-state index in [-0.39, 0.29) is 35.8 Å². The third-order valence-corrected chi connectivity index (χ3v) is 5.72. The van der Waals surface area contributed by atoms with Crippen LogP contribution in [0, 0.1) is 0 Å². The van der Waals surface area contributed by atoms with Crippen LogP contribution < -0.4 is 10.1 Å². The highest BCUT2D eigenvalue weighted by atomic mass is 16.5. The Hall–Kier alpha value is -5.25. The van der Waals surface area contributed by atoms with Gasteiger partial charge in [-0.1, -0.05) is 60.2 Å². The summed E-state index contributed by atoms with van der Waals surface area (Å²) >= 11 is 0. The molecule has 0 spiro atoms. The molecule has 0 fully saturated rings. The number of para-hydroxylation sites is 2. The number of allylic oxidation sites excluding steroid dienone is 4. The number of hydrazone groups is 1. The normalized spacial score (nSPS) is 14.6. The Morgan fingerprint density at radius 1 is 0.925 bits per heavy atom. The first-order valence-corrected chi connectivity index (χ1v) is 12.6. The van der Waals surface area contributed by atoms with Crippen molar-refractivity contribution in [2.45, 2.75) is 20.8 Å². The lowest BCUT2D eigenvalue weighted by atomic mass is 10.1. The van der Waals surface area contributed by atoms with Gasteiger partial charge in [0.2, 0.25) is 0 Å². The molecule has 0 N–H and O–H groups in total. The van der Waals surface area contributed by atoms with Gasteiger partial charge in [-0.15, -0.1) is 0 Å². The minimum atomic E-state index is -0.717. The van der Waals surface area contributed by atoms with Crippen molar-refractivity contribution in [3.05, 3.63) is 101 Å². The van der Waals surface area contributed by atoms with Gasteiger partial charge in [0.15, 0.2) is 11.4 Å². The lowest BCUT2D eigenvalue weighted by Gasteiger charge is -2.11. The van der Waals surface area contributed by atoms with E-state index in [4.69, 9.17) is 9.47 Å². The lowest BCUT2D eigenvalue weighted by Crippen LogP contribution is -2.22. The molecule has 4 rings (SSSR count). The SMILES string of the molecule is CCOC(=O)C1=NN(c2ccccc2)C(=O)/C1=C/C=C(C)/C=C/c1c(C(=O)OCC)nn(-c2ccccc2)c1[O-]. The van der Waals surface area contributed by atoms with Gasteiger partial charge in [-0.3, -0.25) is 4.79 Å². The van der Waals surface area contributed by atoms with Crippen LogP contribution in [0.5, 0.6) is 5.88 Å². The molecule has 40 heavy (non-hydrogen) atoms. The summed E-state index contributed by atoms with van der Waals surface area (Å²) in [6.07, 6.45) is 6.14. The van der Waals surface area contributed by atoms with Crippen LogP contribution >= 0.6 is 0 Å². The summed E-state index contributed by atoms with van der Waals surface area (Å²) in [6.45, 7) is 5.31. The predicted molar refractivity (Wildman–Crippen MR) is 148 cm³/mol. The molecule has 10 heteroatoms. The van der Waals surface area contributed by atoms with Crippen LogP contribution in [0.3, 0.4) is 0 Å². The number of amides is 1. The fourth-order valence-electron chi connectivity index (χ4n) is 3.80. The number of benzene rings is 2. The molecule has 10 nitrogen and oxygen atoms in total. The topological polar surface area (TPSA) is 126 Å². The van der Waals surface area contributed by atoms with Crippen LogP contribution in [-0.4, -0.2) is 46.6 Å². The summed E-state index contributed by atoms with van der Waals surface area (Å²) < 4.78 is 11.3. The molecule has 0 saturated heterocycles. The molecule has 1 amide bonds. The van der Waals surface area contributed by atoms with Crippen molar-refractivity contribution in [1.82, 2.24) is 9.78 Å². The molecule has 0 atom stereocenters. The average Bonchev–Trinajstić information content (AvgIpc) is 3.48. The van der Waals surface area contributed by atoms with Crippen LogP contribution in [-0.2, 0) is 19.1 Å². The molecule has 1 aliphatic rings. The molecule has 204 valence electrons. The number of carbonyl (C=O) groups is 3. The van der Waals surface area contributed by atoms with Crippen molar-refractivity contribution in [2.24, 2.45) is 5.10 Å². The first-order chi connectivity index (χ1) is 19.3. The van der Waals surface area contributed by atoms with Gasteiger partial charge in [0.25, 0.3) is 5.91 Å². The molecule has 1 aliphatic heterocycles. The van der Waals surface area contributed by atoms with E-state index in [1.165, 1.54) is 12.2 Å². The Balaban J connectivity index is 1.67. The van der Waals surface area contributed by atoms with Crippen LogP contribution in [0.1, 0.15) is 36.8 Å². The van der Waals surface area contributed by atoms with E-state index in [1.807, 2.05) is 0 Å². The second kappa shape index (κ2) is 12.5. The van der Waals surface area contributed by atoms with Gasteiger partial charge in [-0.05, 0) is 57.0 Å². The zero-order valence-corrected chi connectivity index (χ0v) is 22.2. The highest BCUT2D eigenvalue weighted by Crippen LogP contribution is 2.26. The third-order valence-electron chi connectivity index (χ3n) is 5.72. The fourth-order valence-corrected chi connectivity index (χ4v) is 3.80. The molecular formula is C30H27N4O6-. The fraction of sp³-hybridized carbons (Fsp3) is 0.167. The molecule has 0 bridgehead atoms. The number of hydrogen-bond acceptors (Lipinski definition) is 8. The molecule has 2 aromatic carbocycles. The zero-order chi connectivity index (χ0) is 28.6. The molecular weight excluding hydrogens is 512 g/mol. The number of rotatable bonds is 9. The largest absolute Gasteiger partial charge is 0.858 e. The van der Waals surface area contributed by atoms with E-state index in [2.05, 4.69) is 10.2 Å². The minimum absolute atomic E-state index is 0.0590. The summed E-state index contributed by atoms with van der Waals surface area (Å²) in [4.78, 5) is 38.3. The van der Waals surface area contributed by atoms with Gasteiger partial charge in [-0.25, -0.2) is 14.3 Å². The molecule has 0 radical (unpaired) electrons. The maximum absolute atomic E-state index is 13.2. The third kappa shape index (κ3) is 5.91. The van der Waals surface area contributed by atoms with Crippen molar-refractivity contribution in [2.75, 3.05) is 18.2 Å². The Morgan fingerprint density at radius 2 is 1.52 bits per heavy atom. The van der Waals surface area contributed by atoms with Crippen molar-refractivity contribution in [1.29, 1.82) is 0 Å². The zero-order valence-electron chi connectivity index (χ0n) is 22.2. The predicted octanol–water partition coefficient (Wildman–Crippen LogP) is 3.97. The van der Waals surface area contributed by atoms with E-state index < -0.39 is 23.7 Å². The highest BCUT2D eigenvalue weighted by molar-refractivity contribution is 6.53. The smallest absolute Gasteiger partial charge is 0.359 e. The van der Waals surface area contributed by atoms with E-state index >= 15 is 0 Å². The van der Waals surface area contributed by atoms with E-state index in [9.17, 15) is 19.5 Å². The highest BCUT2D eigenvalue weighted by Gasteiger charge is 2.35. The molecule has 1 aromatic heterocycles. The molecule has 0 aliphatic carbocycles. The second-order valence-corrected chi connectivity index (χ2v) is 8.48. The van der Waals surface area contributed by atoms with Crippen LogP contribution in [0.4, 0.5) is 5.69 Å². The van der Waals surface area contributed by atoms with Crippen LogP contribution in [0.2, 0.25) is 0 Å². The van der Waals surface area contributed by atoms with Crippen molar-refractivity contribution in [3.8, 4) is 11.6 Å². The number of nitrogens with zero attached hydrogens (tertiary/aromatic N) is 4. The molecule has 0 unspecified atom stereocenters. The Labute approximate surface area is 231 Å². The van der Waals surface area contributed by atoms with Gasteiger partial charge in [0.05, 0.1) is 30.2 Å². The Bertz CT molecular complexity index is 1530. The van der Waals surface area contributed by atoms with Gasteiger partial charge >= 0.3 is 11.9 Å². The second-order valence-electron chi connectivity index (χ2n) is 8.48. The van der Waals surface area contributed by atoms with Crippen molar-refractivity contribution in [3.63, 3.8) is 0 Å². The van der Waals surface area contributed by atoms with Gasteiger partial charge in [0.1, 0.15) is 0 Å². The number of carbonyl (C=O) groups excluding carboxylic acids is 3. The number of anilines is 1. The van der Waals surface area contributed by atoms with E-state index in [0.717, 1.165) is 9.69 Å². The number of hydrogen-bond donors (Lipinski definition) is 0. The monoisotopic (exact) mass is 539 g/mol.